The van der Waals surface area contributed by atoms with Crippen molar-refractivity contribution in [2.75, 3.05) is 24.7 Å². The Labute approximate surface area is 246 Å². The monoisotopic (exact) mass is 586 g/mol. The molecule has 5 heterocycles. The molecule has 1 aliphatic carbocycles. The molecule has 4 aromatic heterocycles. The van der Waals surface area contributed by atoms with Gasteiger partial charge >= 0.3 is 5.76 Å². The normalized spacial score (nSPS) is 21.2. The van der Waals surface area contributed by atoms with Gasteiger partial charge in [0.25, 0.3) is 5.89 Å². The highest BCUT2D eigenvalue weighted by molar-refractivity contribution is 6.30. The summed E-state index contributed by atoms with van der Waals surface area (Å²) in [5, 5.41) is 6.77. The largest absolute Gasteiger partial charge is 0.434 e. The van der Waals surface area contributed by atoms with Crippen molar-refractivity contribution in [1.29, 1.82) is 0 Å². The number of aromatic amines is 1. The summed E-state index contributed by atoms with van der Waals surface area (Å²) in [6.45, 7) is 4.92. The lowest BCUT2D eigenvalue weighted by molar-refractivity contribution is 0.0927. The van der Waals surface area contributed by atoms with Crippen molar-refractivity contribution in [2.45, 2.75) is 45.2 Å². The highest BCUT2D eigenvalue weighted by Crippen LogP contribution is 2.38. The third-order valence-corrected chi connectivity index (χ3v) is 8.54. The first-order valence-corrected chi connectivity index (χ1v) is 14.8. The van der Waals surface area contributed by atoms with E-state index < -0.39 is 5.76 Å². The van der Waals surface area contributed by atoms with Crippen molar-refractivity contribution in [3.63, 3.8) is 0 Å². The number of benzene rings is 1. The molecular formula is C30H31ClN8O3. The van der Waals surface area contributed by atoms with E-state index in [0.717, 1.165) is 42.3 Å². The molecule has 0 amide bonds. The number of imidazole rings is 1. The molecule has 1 saturated carbocycles. The van der Waals surface area contributed by atoms with Crippen LogP contribution in [0.1, 0.15) is 44.2 Å². The topological polar surface area (TPSA) is 128 Å². The third-order valence-electron chi connectivity index (χ3n) is 8.34. The predicted octanol–water partition coefficient (Wildman–Crippen LogP) is 5.29. The number of pyridine rings is 1. The van der Waals surface area contributed by atoms with Crippen molar-refractivity contribution in [2.24, 2.45) is 11.8 Å². The zero-order chi connectivity index (χ0) is 28.6. The van der Waals surface area contributed by atoms with Gasteiger partial charge in [0.15, 0.2) is 5.65 Å². The highest BCUT2D eigenvalue weighted by atomic mass is 35.5. The van der Waals surface area contributed by atoms with Crippen LogP contribution in [0.2, 0.25) is 5.02 Å². The Morgan fingerprint density at radius 1 is 1.07 bits per heavy atom. The first-order valence-electron chi connectivity index (χ1n) is 14.4. The molecule has 2 fully saturated rings. The number of hydrogen-bond donors (Lipinski definition) is 1. The number of anilines is 1. The fourth-order valence-electron chi connectivity index (χ4n) is 6.14. The molecule has 0 spiro atoms. The zero-order valence-corrected chi connectivity index (χ0v) is 24.0. The second kappa shape index (κ2) is 11.3. The van der Waals surface area contributed by atoms with Gasteiger partial charge in [0.05, 0.1) is 24.3 Å². The fourth-order valence-corrected chi connectivity index (χ4v) is 6.32. The average molecular weight is 587 g/mol. The number of fused-ring (bicyclic) bond motifs is 1. The summed E-state index contributed by atoms with van der Waals surface area (Å²) < 4.78 is 13.5. The SMILES string of the molecule is CC1CCC(Cn2c(N3CCOCC3c3ccccc3)nc3nc(-c4n[nH]c(=O)o4)nc(-c4cncc(Cl)c4)c32)CC1. The van der Waals surface area contributed by atoms with E-state index in [1.807, 2.05) is 24.3 Å². The molecule has 12 heteroatoms. The van der Waals surface area contributed by atoms with Crippen LogP contribution in [0.15, 0.2) is 58.0 Å². The van der Waals surface area contributed by atoms with Gasteiger partial charge < -0.3 is 18.6 Å². The maximum Gasteiger partial charge on any atom is 0.434 e. The van der Waals surface area contributed by atoms with E-state index in [1.165, 1.54) is 12.8 Å². The van der Waals surface area contributed by atoms with E-state index in [9.17, 15) is 4.79 Å². The number of ether oxygens (including phenoxy) is 1. The van der Waals surface area contributed by atoms with Gasteiger partial charge in [0.1, 0.15) is 11.2 Å². The first-order chi connectivity index (χ1) is 20.5. The minimum Gasteiger partial charge on any atom is -0.384 e. The highest BCUT2D eigenvalue weighted by Gasteiger charge is 2.32. The van der Waals surface area contributed by atoms with Crippen molar-refractivity contribution in [1.82, 2.24) is 34.7 Å². The Morgan fingerprint density at radius 2 is 1.90 bits per heavy atom. The van der Waals surface area contributed by atoms with E-state index in [4.69, 9.17) is 35.7 Å². The van der Waals surface area contributed by atoms with Gasteiger partial charge in [-0.05, 0) is 36.3 Å². The minimum absolute atomic E-state index is 0.0101. The number of aromatic nitrogens is 7. The van der Waals surface area contributed by atoms with E-state index >= 15 is 0 Å². The van der Waals surface area contributed by atoms with Crippen LogP contribution in [0.4, 0.5) is 5.95 Å². The predicted molar refractivity (Wildman–Crippen MR) is 158 cm³/mol. The summed E-state index contributed by atoms with van der Waals surface area (Å²) in [6, 6.07) is 12.2. The lowest BCUT2D eigenvalue weighted by Crippen LogP contribution is -2.41. The van der Waals surface area contributed by atoms with Gasteiger partial charge in [0.2, 0.25) is 11.8 Å². The number of rotatable bonds is 6. The lowest BCUT2D eigenvalue weighted by atomic mass is 9.83. The van der Waals surface area contributed by atoms with Crippen LogP contribution in [0.3, 0.4) is 0 Å². The van der Waals surface area contributed by atoms with Gasteiger partial charge in [0, 0.05) is 31.0 Å². The first kappa shape index (κ1) is 26.8. The second-order valence-electron chi connectivity index (χ2n) is 11.2. The molecule has 1 N–H and O–H groups in total. The van der Waals surface area contributed by atoms with Crippen LogP contribution in [0, 0.1) is 11.8 Å². The average Bonchev–Trinajstić information content (AvgIpc) is 3.62. The lowest BCUT2D eigenvalue weighted by Gasteiger charge is -2.37. The van der Waals surface area contributed by atoms with Gasteiger partial charge in [-0.2, -0.15) is 4.98 Å². The summed E-state index contributed by atoms with van der Waals surface area (Å²) in [5.74, 6) is 1.50. The van der Waals surface area contributed by atoms with Gasteiger partial charge in [-0.3, -0.25) is 4.98 Å². The summed E-state index contributed by atoms with van der Waals surface area (Å²) in [7, 11) is 0. The molecule has 0 bridgehead atoms. The zero-order valence-electron chi connectivity index (χ0n) is 23.2. The summed E-state index contributed by atoms with van der Waals surface area (Å²) in [5.41, 5.74) is 3.74. The molecule has 1 aromatic carbocycles. The molecule has 1 unspecified atom stereocenters. The standard InChI is InChI=1S/C30H31ClN8O3/c1-18-7-9-19(10-8-18)16-39-25-24(21-13-22(31)15-32-14-21)33-27(28-36-37-30(40)42-28)34-26(25)35-29(39)38-11-12-41-17-23(38)20-5-3-2-4-6-20/h2-6,13-15,18-19,23H,7-12,16-17H2,1H3,(H,37,40). The van der Waals surface area contributed by atoms with Crippen LogP contribution >= 0.6 is 11.6 Å². The van der Waals surface area contributed by atoms with Crippen LogP contribution < -0.4 is 10.7 Å². The van der Waals surface area contributed by atoms with Crippen molar-refractivity contribution >= 4 is 28.7 Å². The quantitative estimate of drug-likeness (QED) is 0.282. The van der Waals surface area contributed by atoms with E-state index in [0.29, 0.717) is 47.6 Å². The fraction of sp³-hybridized carbons (Fsp3) is 0.400. The molecule has 11 nitrogen and oxygen atoms in total. The molecule has 5 aromatic rings. The van der Waals surface area contributed by atoms with E-state index in [-0.39, 0.29) is 17.8 Å². The molecule has 2 aliphatic rings. The molecule has 7 rings (SSSR count). The summed E-state index contributed by atoms with van der Waals surface area (Å²) >= 11 is 6.40. The van der Waals surface area contributed by atoms with Crippen molar-refractivity contribution in [3.05, 3.63) is 69.9 Å². The Morgan fingerprint density at radius 3 is 2.67 bits per heavy atom. The van der Waals surface area contributed by atoms with Crippen LogP contribution in [-0.4, -0.2) is 54.5 Å². The molecule has 216 valence electrons. The molecule has 1 aliphatic heterocycles. The molecule has 0 radical (unpaired) electrons. The number of morpholine rings is 1. The number of nitrogens with one attached hydrogen (secondary N) is 1. The molecule has 1 atom stereocenters. The third kappa shape index (κ3) is 5.18. The van der Waals surface area contributed by atoms with E-state index in [1.54, 1.807) is 12.4 Å². The van der Waals surface area contributed by atoms with Gasteiger partial charge in [-0.15, -0.1) is 5.10 Å². The van der Waals surface area contributed by atoms with Crippen molar-refractivity contribution in [3.8, 4) is 23.0 Å². The number of H-pyrrole nitrogens is 1. The second-order valence-corrected chi connectivity index (χ2v) is 11.7. The molecule has 42 heavy (non-hydrogen) atoms. The number of nitrogens with zero attached hydrogens (tertiary/aromatic N) is 7. The number of hydrogen-bond acceptors (Lipinski definition) is 9. The Hall–Kier alpha value is -4.09. The maximum atomic E-state index is 11.8. The maximum absolute atomic E-state index is 11.8. The van der Waals surface area contributed by atoms with Crippen LogP contribution in [0.25, 0.3) is 34.1 Å². The summed E-state index contributed by atoms with van der Waals surface area (Å²) in [4.78, 5) is 33.3. The van der Waals surface area contributed by atoms with Crippen LogP contribution in [0.5, 0.6) is 0 Å². The molecule has 1 saturated heterocycles. The Kier molecular flexibility index (Phi) is 7.20. The van der Waals surface area contributed by atoms with Crippen LogP contribution in [-0.2, 0) is 11.3 Å². The van der Waals surface area contributed by atoms with Crippen molar-refractivity contribution < 1.29 is 9.15 Å². The van der Waals surface area contributed by atoms with Gasteiger partial charge in [-0.1, -0.05) is 61.7 Å². The molecular weight excluding hydrogens is 556 g/mol. The summed E-state index contributed by atoms with van der Waals surface area (Å²) in [6.07, 6.45) is 8.02. The number of halogens is 1. The smallest absolute Gasteiger partial charge is 0.384 e. The van der Waals surface area contributed by atoms with E-state index in [2.05, 4.69) is 43.7 Å². The minimum atomic E-state index is -0.684. The van der Waals surface area contributed by atoms with Gasteiger partial charge in [-0.25, -0.2) is 19.9 Å². The Balaban J connectivity index is 1.45. The Bertz CT molecular complexity index is 1760.